The van der Waals surface area contributed by atoms with Gasteiger partial charge in [0.2, 0.25) is 0 Å². The first kappa shape index (κ1) is 13.0. The van der Waals surface area contributed by atoms with Crippen LogP contribution in [0.5, 0.6) is 5.75 Å². The highest BCUT2D eigenvalue weighted by Gasteiger charge is 2.16. The summed E-state index contributed by atoms with van der Waals surface area (Å²) in [7, 11) is 1.61. The van der Waals surface area contributed by atoms with Crippen molar-refractivity contribution in [2.45, 2.75) is 38.9 Å². The summed E-state index contributed by atoms with van der Waals surface area (Å²) in [5.74, 6) is 0.767. The summed E-state index contributed by atoms with van der Waals surface area (Å²) in [6.07, 6.45) is -0.304. The van der Waals surface area contributed by atoms with Crippen molar-refractivity contribution < 1.29 is 9.13 Å². The molecule has 0 saturated heterocycles. The molecule has 0 fully saturated rings. The second-order valence-electron chi connectivity index (χ2n) is 4.85. The molecular weight excluding hydrogens is 205 g/mol. The van der Waals surface area contributed by atoms with E-state index >= 15 is 0 Å². The molecule has 0 aliphatic rings. The lowest BCUT2D eigenvalue weighted by Crippen LogP contribution is -2.34. The number of nitrogens with two attached hydrogens (primary N) is 1. The Morgan fingerprint density at radius 1 is 1.44 bits per heavy atom. The van der Waals surface area contributed by atoms with Crippen molar-refractivity contribution >= 4 is 0 Å². The molecule has 90 valence electrons. The van der Waals surface area contributed by atoms with Crippen LogP contribution in [0.3, 0.4) is 0 Å². The molecule has 0 saturated carbocycles. The average molecular weight is 225 g/mol. The molecule has 0 aromatic heterocycles. The maximum atomic E-state index is 13.2. The fourth-order valence-corrected chi connectivity index (χ4v) is 1.67. The smallest absolute Gasteiger partial charge is 0.122 e. The zero-order chi connectivity index (χ0) is 12.3. The molecule has 1 unspecified atom stereocenters. The van der Waals surface area contributed by atoms with Gasteiger partial charge in [0.15, 0.2) is 0 Å². The topological polar surface area (TPSA) is 35.2 Å². The minimum absolute atomic E-state index is 0.328. The fourth-order valence-electron chi connectivity index (χ4n) is 1.67. The second-order valence-corrected chi connectivity index (χ2v) is 4.85. The van der Waals surface area contributed by atoms with Crippen LogP contribution in [0.2, 0.25) is 0 Å². The Morgan fingerprint density at radius 2 is 2.06 bits per heavy atom. The summed E-state index contributed by atoms with van der Waals surface area (Å²) in [5, 5.41) is 0. The Hall–Kier alpha value is -1.09. The third-order valence-electron chi connectivity index (χ3n) is 2.41. The van der Waals surface area contributed by atoms with Gasteiger partial charge < -0.3 is 10.5 Å². The van der Waals surface area contributed by atoms with E-state index in [-0.39, 0.29) is 5.54 Å². The number of halogens is 1. The predicted octanol–water partition coefficient (Wildman–Crippen LogP) is 3.01. The summed E-state index contributed by atoms with van der Waals surface area (Å²) < 4.78 is 18.5. The van der Waals surface area contributed by atoms with E-state index in [2.05, 4.69) is 0 Å². The summed E-state index contributed by atoms with van der Waals surface area (Å²) in [5.41, 5.74) is 7.26. The van der Waals surface area contributed by atoms with Crippen LogP contribution in [0.15, 0.2) is 18.2 Å². The number of methoxy groups -OCH3 is 1. The molecule has 1 rings (SSSR count). The van der Waals surface area contributed by atoms with Gasteiger partial charge in [0.1, 0.15) is 11.9 Å². The van der Waals surface area contributed by atoms with E-state index in [0.29, 0.717) is 12.0 Å². The van der Waals surface area contributed by atoms with Gasteiger partial charge in [-0.3, -0.25) is 0 Å². The van der Waals surface area contributed by atoms with Crippen LogP contribution < -0.4 is 10.5 Å². The van der Waals surface area contributed by atoms with Gasteiger partial charge in [-0.2, -0.15) is 0 Å². The molecule has 0 aliphatic carbocycles. The van der Waals surface area contributed by atoms with Gasteiger partial charge in [0, 0.05) is 5.54 Å². The summed E-state index contributed by atoms with van der Waals surface area (Å²) in [6.45, 7) is 5.41. The second kappa shape index (κ2) is 4.83. The first-order valence-corrected chi connectivity index (χ1v) is 5.43. The molecule has 3 heteroatoms. The number of alkyl halides is 1. The number of benzene rings is 1. The first-order valence-electron chi connectivity index (χ1n) is 5.43. The Kier molecular flexibility index (Phi) is 3.92. The molecule has 16 heavy (non-hydrogen) atoms. The van der Waals surface area contributed by atoms with Gasteiger partial charge in [0.25, 0.3) is 0 Å². The number of hydrogen-bond acceptors (Lipinski definition) is 2. The lowest BCUT2D eigenvalue weighted by atomic mass is 9.94. The van der Waals surface area contributed by atoms with E-state index in [9.17, 15) is 4.39 Å². The maximum absolute atomic E-state index is 13.2. The van der Waals surface area contributed by atoms with Crippen molar-refractivity contribution in [3.05, 3.63) is 29.3 Å². The highest BCUT2D eigenvalue weighted by molar-refractivity contribution is 5.39. The van der Waals surface area contributed by atoms with E-state index in [4.69, 9.17) is 10.5 Å². The van der Waals surface area contributed by atoms with Crippen LogP contribution in [-0.2, 0) is 6.42 Å². The molecule has 1 aromatic carbocycles. The molecule has 0 spiro atoms. The van der Waals surface area contributed by atoms with Crippen molar-refractivity contribution in [3.8, 4) is 5.75 Å². The zero-order valence-corrected chi connectivity index (χ0v) is 10.4. The molecular formula is C13H20FNO. The molecule has 2 N–H and O–H groups in total. The third-order valence-corrected chi connectivity index (χ3v) is 2.41. The van der Waals surface area contributed by atoms with E-state index < -0.39 is 6.17 Å². The quantitative estimate of drug-likeness (QED) is 0.855. The van der Waals surface area contributed by atoms with Crippen LogP contribution >= 0.6 is 0 Å². The lowest BCUT2D eigenvalue weighted by Gasteiger charge is -2.21. The molecule has 0 radical (unpaired) electrons. The minimum atomic E-state index is -0.967. The minimum Gasteiger partial charge on any atom is -0.496 e. The Morgan fingerprint density at radius 3 is 2.50 bits per heavy atom. The summed E-state index contributed by atoms with van der Waals surface area (Å²) >= 11 is 0. The van der Waals surface area contributed by atoms with Gasteiger partial charge in [-0.05, 0) is 50.5 Å². The van der Waals surface area contributed by atoms with Crippen LogP contribution in [0, 0.1) is 0 Å². The van der Waals surface area contributed by atoms with Crippen LogP contribution in [-0.4, -0.2) is 12.6 Å². The number of ether oxygens (including phenoxy) is 1. The number of rotatable bonds is 4. The van der Waals surface area contributed by atoms with Crippen LogP contribution in [0.4, 0.5) is 4.39 Å². The van der Waals surface area contributed by atoms with E-state index in [1.54, 1.807) is 19.2 Å². The third kappa shape index (κ3) is 3.49. The van der Waals surface area contributed by atoms with Crippen molar-refractivity contribution in [2.24, 2.45) is 5.73 Å². The average Bonchev–Trinajstić information content (AvgIpc) is 2.15. The van der Waals surface area contributed by atoms with E-state index in [1.807, 2.05) is 19.9 Å². The fraction of sp³-hybridized carbons (Fsp3) is 0.538. The van der Waals surface area contributed by atoms with Gasteiger partial charge in [-0.1, -0.05) is 6.07 Å². The Labute approximate surface area is 96.6 Å². The van der Waals surface area contributed by atoms with Gasteiger partial charge >= 0.3 is 0 Å². The van der Waals surface area contributed by atoms with Crippen molar-refractivity contribution in [1.29, 1.82) is 0 Å². The largest absolute Gasteiger partial charge is 0.496 e. The van der Waals surface area contributed by atoms with Crippen LogP contribution in [0.25, 0.3) is 0 Å². The van der Waals surface area contributed by atoms with Gasteiger partial charge in [0.05, 0.1) is 7.11 Å². The Balaban J connectivity index is 3.07. The first-order chi connectivity index (χ1) is 7.33. The molecule has 2 nitrogen and oxygen atoms in total. The molecule has 0 bridgehead atoms. The standard InChI is InChI=1S/C13H20FNO/c1-9(14)10-5-6-12(16-4)11(7-10)8-13(2,3)15/h5-7,9H,8,15H2,1-4H3. The molecule has 0 aliphatic heterocycles. The van der Waals surface area contributed by atoms with E-state index in [0.717, 1.165) is 11.3 Å². The van der Waals surface area contributed by atoms with Crippen molar-refractivity contribution in [1.82, 2.24) is 0 Å². The van der Waals surface area contributed by atoms with E-state index in [1.165, 1.54) is 6.92 Å². The van der Waals surface area contributed by atoms with Crippen molar-refractivity contribution in [3.63, 3.8) is 0 Å². The molecule has 1 atom stereocenters. The van der Waals surface area contributed by atoms with Crippen molar-refractivity contribution in [2.75, 3.05) is 7.11 Å². The molecule has 0 heterocycles. The summed E-state index contributed by atoms with van der Waals surface area (Å²) in [4.78, 5) is 0. The lowest BCUT2D eigenvalue weighted by molar-refractivity contribution is 0.371. The monoisotopic (exact) mass is 225 g/mol. The van der Waals surface area contributed by atoms with Gasteiger partial charge in [-0.25, -0.2) is 4.39 Å². The SMILES string of the molecule is COc1ccc(C(C)F)cc1CC(C)(C)N. The Bertz CT molecular complexity index is 355. The van der Waals surface area contributed by atoms with Crippen LogP contribution in [0.1, 0.15) is 38.1 Å². The number of hydrogen-bond donors (Lipinski definition) is 1. The zero-order valence-electron chi connectivity index (χ0n) is 10.4. The highest BCUT2D eigenvalue weighted by atomic mass is 19.1. The summed E-state index contributed by atoms with van der Waals surface area (Å²) in [6, 6.07) is 5.38. The molecule has 1 aromatic rings. The predicted molar refractivity (Wildman–Crippen MR) is 64.5 cm³/mol. The molecule has 0 amide bonds. The highest BCUT2D eigenvalue weighted by Crippen LogP contribution is 2.27. The maximum Gasteiger partial charge on any atom is 0.122 e. The normalized spacial score (nSPS) is 13.6. The van der Waals surface area contributed by atoms with Gasteiger partial charge in [-0.15, -0.1) is 0 Å².